The summed E-state index contributed by atoms with van der Waals surface area (Å²) < 4.78 is 8.40. The molecule has 0 spiro atoms. The third-order valence-corrected chi connectivity index (χ3v) is 4.65. The molecule has 0 amide bonds. The van der Waals surface area contributed by atoms with Gasteiger partial charge < -0.3 is 21.5 Å². The number of carboxylic acid groups (broad SMARTS) is 1. The van der Waals surface area contributed by atoms with Gasteiger partial charge in [0.2, 0.25) is 0 Å². The van der Waals surface area contributed by atoms with E-state index in [4.69, 9.17) is 15.6 Å². The van der Waals surface area contributed by atoms with Gasteiger partial charge in [0.25, 0.3) is 5.56 Å². The number of nitrogens with zero attached hydrogens (tertiary/aromatic N) is 2. The van der Waals surface area contributed by atoms with Crippen molar-refractivity contribution in [2.24, 2.45) is 5.73 Å². The molecule has 1 aliphatic rings. The van der Waals surface area contributed by atoms with Crippen molar-refractivity contribution in [3.8, 4) is 0 Å². The number of aromatic nitrogens is 2. The van der Waals surface area contributed by atoms with E-state index in [1.807, 2.05) is 13.8 Å². The summed E-state index contributed by atoms with van der Waals surface area (Å²) in [4.78, 5) is 35.3. The van der Waals surface area contributed by atoms with Gasteiger partial charge in [-0.05, 0) is 24.9 Å². The summed E-state index contributed by atoms with van der Waals surface area (Å²) in [5, 5.41) is 8.83. The van der Waals surface area contributed by atoms with Crippen LogP contribution in [0.1, 0.15) is 79.9 Å². The Morgan fingerprint density at radius 1 is 1.30 bits per heavy atom. The number of aliphatic carboxylic acids is 1. The van der Waals surface area contributed by atoms with E-state index < -0.39 is 29.5 Å². The summed E-state index contributed by atoms with van der Waals surface area (Å²) in [5.74, 6) is 0.194. The maximum atomic E-state index is 12.6. The van der Waals surface area contributed by atoms with Gasteiger partial charge in [-0.25, -0.2) is 4.79 Å². The number of hydrogen-bond donors (Lipinski definition) is 2. The fourth-order valence-corrected chi connectivity index (χ4v) is 2.92. The van der Waals surface area contributed by atoms with E-state index in [2.05, 4.69) is 36.9 Å². The largest absolute Gasteiger partial charge is 0.480 e. The average Bonchev–Trinajstić information content (AvgIpc) is 3.16. The van der Waals surface area contributed by atoms with E-state index >= 15 is 0 Å². The first-order valence-corrected chi connectivity index (χ1v) is 11.8. The fraction of sp³-hybridized carbons (Fsp3) is 0.727. The number of carbonyl (C=O) groups is 1. The van der Waals surface area contributed by atoms with Crippen LogP contribution in [0.25, 0.3) is 0 Å². The second kappa shape index (κ2) is 20.9. The quantitative estimate of drug-likeness (QED) is 0.335. The molecule has 1 aliphatic heterocycles. The molecule has 0 aliphatic carbocycles. The molecular weight excluding hydrogens is 595 g/mol. The second-order valence-electron chi connectivity index (χ2n) is 7.78. The minimum atomic E-state index is -1.16. The molecule has 1 saturated heterocycles. The first-order valence-electron chi connectivity index (χ1n) is 11.1. The molecule has 0 aromatic carbocycles. The second-order valence-corrected chi connectivity index (χ2v) is 9.11. The van der Waals surface area contributed by atoms with Gasteiger partial charge in [-0.15, -0.1) is 9.24 Å². The monoisotopic (exact) mass is 636 g/mol. The van der Waals surface area contributed by atoms with Crippen molar-refractivity contribution in [2.45, 2.75) is 104 Å². The smallest absolute Gasteiger partial charge is 0.333 e. The van der Waals surface area contributed by atoms with Crippen LogP contribution in [0.2, 0.25) is 0 Å². The molecule has 2 rings (SSSR count). The summed E-state index contributed by atoms with van der Waals surface area (Å²) in [6, 6.07) is 0.188. The van der Waals surface area contributed by atoms with E-state index in [9.17, 15) is 14.4 Å². The predicted octanol–water partition coefficient (Wildman–Crippen LogP) is 3.18. The number of hydrogen-bond acceptors (Lipinski definition) is 5. The van der Waals surface area contributed by atoms with Crippen molar-refractivity contribution in [1.82, 2.24) is 9.13 Å². The van der Waals surface area contributed by atoms with Crippen molar-refractivity contribution < 1.29 is 80.1 Å². The standard InChI is InChI=1S/C17H26N3O5.C3H9P.C2H6.2Y/c1-3-11(2)10-12-4-5-15(25-12)20-9-7-14(21)19(17(20)24)8-6-13(18)16(22)23;1-3(2)4;1-2;;/h7,9,12-13,15H,3-6,8,10,18H2,1-2H3,(H,22,23);3H,4H2,1-2H3;1-2H3;;/q-1;;;;/t12?,13?,15-;;;;/m1..../s1. The summed E-state index contributed by atoms with van der Waals surface area (Å²) in [7, 11) is 2.66. The first kappa shape index (κ1) is 38.2. The molecule has 11 heteroatoms. The Balaban J connectivity index is -0.00000102. The Labute approximate surface area is 251 Å². The van der Waals surface area contributed by atoms with Crippen LogP contribution in [0.15, 0.2) is 21.9 Å². The third kappa shape index (κ3) is 14.8. The average molecular weight is 636 g/mol. The molecule has 4 atom stereocenters. The molecule has 33 heavy (non-hydrogen) atoms. The van der Waals surface area contributed by atoms with Crippen LogP contribution in [-0.4, -0.2) is 38.0 Å². The van der Waals surface area contributed by atoms with E-state index in [0.717, 1.165) is 29.5 Å². The molecule has 2 heterocycles. The number of rotatable bonds is 8. The van der Waals surface area contributed by atoms with Crippen molar-refractivity contribution >= 4 is 15.2 Å². The minimum absolute atomic E-state index is 0. The van der Waals surface area contributed by atoms with Crippen LogP contribution in [-0.2, 0) is 81.5 Å². The molecule has 1 aromatic heterocycles. The zero-order valence-corrected chi connectivity index (χ0v) is 27.8. The maximum absolute atomic E-state index is 12.6. The van der Waals surface area contributed by atoms with Crippen LogP contribution in [0, 0.1) is 5.92 Å². The van der Waals surface area contributed by atoms with Crippen molar-refractivity contribution in [3.05, 3.63) is 39.0 Å². The number of nitrogens with two attached hydrogens (primary N) is 1. The Morgan fingerprint density at radius 3 is 2.33 bits per heavy atom. The van der Waals surface area contributed by atoms with Gasteiger partial charge >= 0.3 is 11.7 Å². The summed E-state index contributed by atoms with van der Waals surface area (Å²) in [6.07, 6.45) is 4.56. The Bertz CT molecular complexity index is 770. The van der Waals surface area contributed by atoms with Crippen LogP contribution >= 0.6 is 9.24 Å². The summed E-state index contributed by atoms with van der Waals surface area (Å²) >= 11 is 0. The van der Waals surface area contributed by atoms with Gasteiger partial charge in [-0.2, -0.15) is 19.8 Å². The van der Waals surface area contributed by atoms with Crippen LogP contribution < -0.4 is 17.0 Å². The Morgan fingerprint density at radius 2 is 1.85 bits per heavy atom. The molecule has 3 N–H and O–H groups in total. The zero-order valence-electron chi connectivity index (χ0n) is 21.0. The van der Waals surface area contributed by atoms with E-state index in [-0.39, 0.29) is 84.5 Å². The molecular formula is C22H41N3O5PY2-. The van der Waals surface area contributed by atoms with E-state index in [0.29, 0.717) is 6.42 Å². The number of carboxylic acids is 1. The normalized spacial score (nSPS) is 17.6. The Kier molecular flexibility index (Phi) is 24.2. The van der Waals surface area contributed by atoms with Crippen molar-refractivity contribution in [2.75, 3.05) is 0 Å². The predicted molar refractivity (Wildman–Crippen MR) is 128 cm³/mol. The molecule has 8 nitrogen and oxygen atoms in total. The molecule has 0 saturated carbocycles. The molecule has 1 aromatic rings. The third-order valence-electron chi connectivity index (χ3n) is 4.65. The van der Waals surface area contributed by atoms with E-state index in [1.54, 1.807) is 0 Å². The molecule has 3 unspecified atom stereocenters. The summed E-state index contributed by atoms with van der Waals surface area (Å²) in [5.41, 5.74) is 5.24. The molecule has 1 fully saturated rings. The first-order chi connectivity index (χ1) is 14.6. The van der Waals surface area contributed by atoms with Crippen molar-refractivity contribution in [1.29, 1.82) is 0 Å². The van der Waals surface area contributed by atoms with Crippen molar-refractivity contribution in [3.63, 3.8) is 0 Å². The van der Waals surface area contributed by atoms with Crippen LogP contribution in [0.4, 0.5) is 0 Å². The van der Waals surface area contributed by atoms with Crippen LogP contribution in [0.3, 0.4) is 0 Å². The van der Waals surface area contributed by atoms with Gasteiger partial charge in [-0.3, -0.25) is 18.7 Å². The van der Waals surface area contributed by atoms with Gasteiger partial charge in [0, 0.05) is 90.3 Å². The molecule has 186 valence electrons. The maximum Gasteiger partial charge on any atom is 0.333 e. The fourth-order valence-electron chi connectivity index (χ4n) is 2.92. The molecule has 2 radical (unpaired) electrons. The van der Waals surface area contributed by atoms with E-state index in [1.165, 1.54) is 22.7 Å². The SMILES string of the molecule is CC.CC(C)P.CC[C-](C)CC1CC[C@H](n2ccc(=O)n(CCC(N)C(=O)O)c2=O)O1.[Y].[Y]. The van der Waals surface area contributed by atoms with Gasteiger partial charge in [0.1, 0.15) is 12.3 Å². The zero-order chi connectivity index (χ0) is 24.1. The summed E-state index contributed by atoms with van der Waals surface area (Å²) in [6.45, 7) is 12.4. The van der Waals surface area contributed by atoms with Gasteiger partial charge in [0.15, 0.2) is 0 Å². The van der Waals surface area contributed by atoms with Gasteiger partial charge in [-0.1, -0.05) is 34.6 Å². The molecule has 0 bridgehead atoms. The minimum Gasteiger partial charge on any atom is -0.480 e. The Hall–Kier alpha value is 0.708. The topological polar surface area (TPSA) is 117 Å². The number of ether oxygens (including phenoxy) is 1. The van der Waals surface area contributed by atoms with Crippen LogP contribution in [0.5, 0.6) is 0 Å². The van der Waals surface area contributed by atoms with Gasteiger partial charge in [0.05, 0.1) is 0 Å².